The average Bonchev–Trinajstić information content (AvgIpc) is 3.08. The minimum Gasteiger partial charge on any atom is -0.496 e. The molecular formula is C37H42N5O8PS. The number of nitrogens with zero attached hydrogens (tertiary/aromatic N) is 1. The number of hydrogen-bond donors (Lipinski definition) is 5. The molecule has 5 N–H and O–H groups in total. The van der Waals surface area contributed by atoms with Crippen LogP contribution < -0.4 is 40.2 Å². The van der Waals surface area contributed by atoms with Crippen molar-refractivity contribution in [2.45, 2.75) is 33.1 Å². The first kappa shape index (κ1) is 38.1. The normalized spacial score (nSPS) is 13.1. The summed E-state index contributed by atoms with van der Waals surface area (Å²) >= 11 is 0. The Balaban J connectivity index is 1.37. The summed E-state index contributed by atoms with van der Waals surface area (Å²) in [6.07, 6.45) is 3.11. The van der Waals surface area contributed by atoms with Crippen LogP contribution in [-0.4, -0.2) is 47.2 Å². The molecule has 0 spiro atoms. The molecular weight excluding hydrogens is 705 g/mol. The number of carbonyl (C=O) groups is 1. The van der Waals surface area contributed by atoms with Gasteiger partial charge in [-0.05, 0) is 60.4 Å². The van der Waals surface area contributed by atoms with Crippen molar-refractivity contribution in [1.29, 1.82) is 0 Å². The zero-order chi connectivity index (χ0) is 37.6. The van der Waals surface area contributed by atoms with Crippen molar-refractivity contribution in [3.8, 4) is 23.0 Å². The van der Waals surface area contributed by atoms with Crippen LogP contribution in [0.25, 0.3) is 10.8 Å². The molecule has 2 amide bonds. The number of anilines is 5. The van der Waals surface area contributed by atoms with Crippen LogP contribution in [0.15, 0.2) is 85.1 Å². The van der Waals surface area contributed by atoms with Gasteiger partial charge >= 0.3 is 13.6 Å². The number of fused-ring (bicyclic) bond motifs is 1. The van der Waals surface area contributed by atoms with Gasteiger partial charge in [0.2, 0.25) is 0 Å². The third-order valence-corrected chi connectivity index (χ3v) is 9.91. The Morgan fingerprint density at radius 2 is 1.60 bits per heavy atom. The lowest BCUT2D eigenvalue weighted by atomic mass is 9.86. The van der Waals surface area contributed by atoms with Crippen LogP contribution >= 0.6 is 7.60 Å². The van der Waals surface area contributed by atoms with Gasteiger partial charge < -0.3 is 44.3 Å². The highest BCUT2D eigenvalue weighted by Gasteiger charge is 2.27. The van der Waals surface area contributed by atoms with Gasteiger partial charge in [-0.1, -0.05) is 45.0 Å². The molecule has 0 bridgehead atoms. The van der Waals surface area contributed by atoms with Crippen molar-refractivity contribution in [3.05, 3.63) is 90.6 Å². The van der Waals surface area contributed by atoms with E-state index in [1.54, 1.807) is 49.5 Å². The van der Waals surface area contributed by atoms with E-state index in [9.17, 15) is 18.5 Å². The smallest absolute Gasteiger partial charge is 0.362 e. The molecule has 0 aliphatic heterocycles. The molecule has 0 saturated carbocycles. The summed E-state index contributed by atoms with van der Waals surface area (Å²) in [5, 5.41) is 10.6. The lowest BCUT2D eigenvalue weighted by molar-refractivity contribution is 0.262. The molecule has 2 atom stereocenters. The zero-order valence-electron chi connectivity index (χ0n) is 29.9. The van der Waals surface area contributed by atoms with Gasteiger partial charge in [-0.25, -0.2) is 14.0 Å². The molecule has 0 fully saturated rings. The van der Waals surface area contributed by atoms with E-state index < -0.39 is 24.6 Å². The third-order valence-electron chi connectivity index (χ3n) is 7.81. The number of aromatic nitrogens is 1. The lowest BCUT2D eigenvalue weighted by Gasteiger charge is -2.24. The molecule has 15 heteroatoms. The fourth-order valence-corrected chi connectivity index (χ4v) is 7.05. The van der Waals surface area contributed by atoms with Gasteiger partial charge in [-0.2, -0.15) is 0 Å². The van der Waals surface area contributed by atoms with Crippen LogP contribution in [0.2, 0.25) is 0 Å². The molecule has 1 heterocycles. The molecule has 274 valence electrons. The highest BCUT2D eigenvalue weighted by Crippen LogP contribution is 2.44. The van der Waals surface area contributed by atoms with Crippen LogP contribution in [0.1, 0.15) is 33.3 Å². The number of rotatable bonds is 13. The van der Waals surface area contributed by atoms with Gasteiger partial charge in [0, 0.05) is 41.0 Å². The highest BCUT2D eigenvalue weighted by atomic mass is 32.2. The van der Waals surface area contributed by atoms with Gasteiger partial charge in [0.15, 0.2) is 5.75 Å². The van der Waals surface area contributed by atoms with Crippen molar-refractivity contribution in [2.24, 2.45) is 0 Å². The zero-order valence-corrected chi connectivity index (χ0v) is 31.6. The van der Waals surface area contributed by atoms with Gasteiger partial charge in [-0.15, -0.1) is 0 Å². The first-order valence-electron chi connectivity index (χ1n) is 16.2. The monoisotopic (exact) mass is 747 g/mol. The number of pyridine rings is 1. The Labute approximate surface area is 305 Å². The van der Waals surface area contributed by atoms with E-state index in [4.69, 9.17) is 18.7 Å². The molecule has 1 aromatic heterocycles. The number of benzene rings is 4. The van der Waals surface area contributed by atoms with Crippen LogP contribution in [0.5, 0.6) is 23.0 Å². The fraction of sp³-hybridized carbons (Fsp3) is 0.243. The number of hydrogen-bond acceptors (Lipinski definition) is 9. The van der Waals surface area contributed by atoms with E-state index in [1.165, 1.54) is 26.5 Å². The number of methoxy groups -OCH3 is 2. The predicted octanol–water partition coefficient (Wildman–Crippen LogP) is 8.28. The predicted molar refractivity (Wildman–Crippen MR) is 208 cm³/mol. The molecule has 0 saturated heterocycles. The third kappa shape index (κ3) is 9.01. The summed E-state index contributed by atoms with van der Waals surface area (Å²) in [6.45, 7) is 7.85. The maximum absolute atomic E-state index is 13.4. The van der Waals surface area contributed by atoms with E-state index in [0.717, 1.165) is 16.3 Å². The van der Waals surface area contributed by atoms with Gasteiger partial charge in [0.1, 0.15) is 39.4 Å². The topological polar surface area (TPSA) is 169 Å². The lowest BCUT2D eigenvalue weighted by Crippen LogP contribution is -2.21. The minimum absolute atomic E-state index is 0.0568. The van der Waals surface area contributed by atoms with Gasteiger partial charge in [-0.3, -0.25) is 4.57 Å². The Kier molecular flexibility index (Phi) is 11.8. The summed E-state index contributed by atoms with van der Waals surface area (Å²) in [7, 11) is -2.51. The highest BCUT2D eigenvalue weighted by molar-refractivity contribution is 7.85. The van der Waals surface area contributed by atoms with Crippen molar-refractivity contribution in [2.75, 3.05) is 47.8 Å². The Morgan fingerprint density at radius 3 is 2.27 bits per heavy atom. The summed E-state index contributed by atoms with van der Waals surface area (Å²) < 4.78 is 49.9. The Hall–Kier alpha value is -5.14. The van der Waals surface area contributed by atoms with Crippen molar-refractivity contribution in [3.63, 3.8) is 0 Å². The van der Waals surface area contributed by atoms with E-state index in [1.807, 2.05) is 57.2 Å². The van der Waals surface area contributed by atoms with Gasteiger partial charge in [0.05, 0.1) is 37.9 Å². The molecule has 5 rings (SSSR count). The Bertz CT molecular complexity index is 2170. The molecule has 52 heavy (non-hydrogen) atoms. The standard InChI is InChI=1S/C37H42N5O8PS/c1-8-49-51(44,45)33-16-13-24(21-32(33)47-5)39-34-22-25(17-18-38-34)50-31-15-14-28(26-11-9-10-12-27(26)31)40-36(43)41-29-19-23(37(2,3)4)20-30(35(29)48-6)42-52(7)46/h9-22,42H,8H2,1-7H3,(H,38,39)(H,44,45)(H2,40,41,43). The number of urea groups is 1. The van der Waals surface area contributed by atoms with Crippen LogP contribution in [0.4, 0.5) is 33.4 Å². The van der Waals surface area contributed by atoms with E-state index in [-0.39, 0.29) is 23.1 Å². The number of carbonyl (C=O) groups excluding carboxylic acids is 1. The largest absolute Gasteiger partial charge is 0.496 e. The van der Waals surface area contributed by atoms with Crippen molar-refractivity contribution >= 4 is 69.3 Å². The summed E-state index contributed by atoms with van der Waals surface area (Å²) in [6, 6.07) is 22.4. The summed E-state index contributed by atoms with van der Waals surface area (Å²) in [4.78, 5) is 28.1. The number of nitrogens with one attached hydrogen (secondary N) is 4. The summed E-state index contributed by atoms with van der Waals surface area (Å²) in [5.74, 6) is 2.04. The Morgan fingerprint density at radius 1 is 0.885 bits per heavy atom. The molecule has 13 nitrogen and oxygen atoms in total. The van der Waals surface area contributed by atoms with Crippen molar-refractivity contribution in [1.82, 2.24) is 4.98 Å². The van der Waals surface area contributed by atoms with Crippen LogP contribution in [0.3, 0.4) is 0 Å². The van der Waals surface area contributed by atoms with E-state index >= 15 is 0 Å². The maximum atomic E-state index is 13.4. The number of ether oxygens (including phenoxy) is 3. The first-order valence-corrected chi connectivity index (χ1v) is 19.3. The quantitative estimate of drug-likeness (QED) is 0.0739. The average molecular weight is 748 g/mol. The molecule has 5 aromatic rings. The SMILES string of the molecule is CCOP(=O)(O)c1ccc(Nc2cc(Oc3ccc(NC(=O)Nc4cc(C(C)(C)C)cc(NS(C)=O)c4OC)c4ccccc34)ccn2)cc1OC. The summed E-state index contributed by atoms with van der Waals surface area (Å²) in [5.41, 5.74) is 2.67. The first-order chi connectivity index (χ1) is 24.7. The second-order valence-corrected chi connectivity index (χ2v) is 15.5. The fourth-order valence-electron chi connectivity index (χ4n) is 5.40. The van der Waals surface area contributed by atoms with E-state index in [0.29, 0.717) is 45.8 Å². The second kappa shape index (κ2) is 16.0. The molecule has 2 unspecified atom stereocenters. The minimum atomic E-state index is -4.05. The molecule has 0 aliphatic rings. The van der Waals surface area contributed by atoms with Crippen molar-refractivity contribution < 1.29 is 37.2 Å². The van der Waals surface area contributed by atoms with Crippen LogP contribution in [0, 0.1) is 0 Å². The maximum Gasteiger partial charge on any atom is 0.362 e. The number of amides is 2. The second-order valence-electron chi connectivity index (χ2n) is 12.6. The van der Waals surface area contributed by atoms with Gasteiger partial charge in [0.25, 0.3) is 0 Å². The molecule has 4 aromatic carbocycles. The van der Waals surface area contributed by atoms with Crippen LogP contribution in [-0.2, 0) is 25.5 Å². The van der Waals surface area contributed by atoms with E-state index in [2.05, 4.69) is 25.7 Å². The molecule has 0 radical (unpaired) electrons. The molecule has 0 aliphatic carbocycles.